The summed E-state index contributed by atoms with van der Waals surface area (Å²) in [5.41, 5.74) is 0. The van der Waals surface area contributed by atoms with E-state index in [1.54, 1.807) is 0 Å². The molecule has 0 amide bonds. The topological polar surface area (TPSA) is 21.3 Å². The molecule has 2 nitrogen and oxygen atoms in total. The van der Waals surface area contributed by atoms with E-state index in [1.165, 1.54) is 0 Å². The summed E-state index contributed by atoms with van der Waals surface area (Å²) in [6, 6.07) is 0.430. The zero-order valence-corrected chi connectivity index (χ0v) is 7.85. The Kier molecular flexibility index (Phi) is 3.95. The van der Waals surface area contributed by atoms with Gasteiger partial charge in [-0.05, 0) is 26.7 Å². The minimum absolute atomic E-state index is 0.0136. The van der Waals surface area contributed by atoms with E-state index in [-0.39, 0.29) is 12.7 Å². The fraction of sp³-hybridized carbons (Fsp3) is 1.00. The number of alkyl halides is 1. The van der Waals surface area contributed by atoms with Crippen molar-refractivity contribution in [2.75, 3.05) is 13.3 Å². The van der Waals surface area contributed by atoms with Gasteiger partial charge in [0.2, 0.25) is 0 Å². The van der Waals surface area contributed by atoms with Gasteiger partial charge in [0, 0.05) is 18.7 Å². The van der Waals surface area contributed by atoms with Crippen molar-refractivity contribution in [3.05, 3.63) is 0 Å². The van der Waals surface area contributed by atoms with Crippen molar-refractivity contribution in [3.63, 3.8) is 0 Å². The molecule has 12 heavy (non-hydrogen) atoms. The monoisotopic (exact) mass is 175 g/mol. The molecule has 2 unspecified atom stereocenters. The third-order valence-corrected chi connectivity index (χ3v) is 2.24. The summed E-state index contributed by atoms with van der Waals surface area (Å²) >= 11 is 0. The first-order chi connectivity index (χ1) is 5.72. The Labute approximate surface area is 73.5 Å². The Morgan fingerprint density at radius 3 is 3.00 bits per heavy atom. The van der Waals surface area contributed by atoms with E-state index in [4.69, 9.17) is 4.74 Å². The lowest BCUT2D eigenvalue weighted by Crippen LogP contribution is -2.43. The first kappa shape index (κ1) is 9.93. The summed E-state index contributed by atoms with van der Waals surface area (Å²) in [6.07, 6.45) is 2.34. The molecule has 1 heterocycles. The molecule has 0 aromatic heterocycles. The summed E-state index contributed by atoms with van der Waals surface area (Å²) in [6.45, 7) is 4.46. The van der Waals surface area contributed by atoms with E-state index in [1.807, 2.05) is 6.92 Å². The normalized spacial score (nSPS) is 33.2. The standard InChI is InChI=1S/C9H18FNO/c1-7(6-10)11-9-3-4-12-8(2)5-9/h7-9,11H,3-6H2,1-2H3/t7-,8?,9?/m0/s1. The van der Waals surface area contributed by atoms with Crippen LogP contribution in [0.15, 0.2) is 0 Å². The molecule has 1 fully saturated rings. The van der Waals surface area contributed by atoms with Gasteiger partial charge in [-0.15, -0.1) is 0 Å². The van der Waals surface area contributed by atoms with Crippen LogP contribution in [0.1, 0.15) is 26.7 Å². The average molecular weight is 175 g/mol. The molecule has 1 rings (SSSR count). The van der Waals surface area contributed by atoms with E-state index in [0.29, 0.717) is 12.1 Å². The molecule has 0 bridgehead atoms. The van der Waals surface area contributed by atoms with E-state index in [2.05, 4.69) is 12.2 Å². The molecule has 1 N–H and O–H groups in total. The number of ether oxygens (including phenoxy) is 1. The van der Waals surface area contributed by atoms with Crippen LogP contribution in [-0.2, 0) is 4.74 Å². The molecule has 3 atom stereocenters. The van der Waals surface area contributed by atoms with Crippen LogP contribution in [0.25, 0.3) is 0 Å². The fourth-order valence-electron chi connectivity index (χ4n) is 1.60. The van der Waals surface area contributed by atoms with Crippen LogP contribution in [0, 0.1) is 0 Å². The van der Waals surface area contributed by atoms with Crippen LogP contribution in [0.4, 0.5) is 4.39 Å². The Hall–Kier alpha value is -0.150. The summed E-state index contributed by atoms with van der Waals surface area (Å²) in [7, 11) is 0. The number of halogens is 1. The predicted molar refractivity (Wildman–Crippen MR) is 47.0 cm³/mol. The van der Waals surface area contributed by atoms with Gasteiger partial charge in [-0.3, -0.25) is 0 Å². The summed E-state index contributed by atoms with van der Waals surface area (Å²) in [4.78, 5) is 0. The second-order valence-electron chi connectivity index (χ2n) is 3.62. The Bertz CT molecular complexity index is 132. The van der Waals surface area contributed by atoms with Crippen LogP contribution in [0.2, 0.25) is 0 Å². The molecule has 0 radical (unpaired) electrons. The zero-order valence-electron chi connectivity index (χ0n) is 7.85. The number of hydrogen-bond acceptors (Lipinski definition) is 2. The molecule has 1 aliphatic rings. The number of rotatable bonds is 3. The fourth-order valence-corrected chi connectivity index (χ4v) is 1.60. The molecule has 72 valence electrons. The maximum atomic E-state index is 12.1. The molecule has 0 aromatic rings. The highest BCUT2D eigenvalue weighted by Gasteiger charge is 2.20. The Morgan fingerprint density at radius 2 is 2.42 bits per heavy atom. The van der Waals surface area contributed by atoms with Crippen LogP contribution < -0.4 is 5.32 Å². The average Bonchev–Trinajstić information content (AvgIpc) is 2.04. The van der Waals surface area contributed by atoms with Crippen molar-refractivity contribution >= 4 is 0 Å². The minimum Gasteiger partial charge on any atom is -0.378 e. The van der Waals surface area contributed by atoms with Gasteiger partial charge >= 0.3 is 0 Å². The van der Waals surface area contributed by atoms with E-state index in [9.17, 15) is 4.39 Å². The highest BCUT2D eigenvalue weighted by atomic mass is 19.1. The first-order valence-corrected chi connectivity index (χ1v) is 4.66. The highest BCUT2D eigenvalue weighted by molar-refractivity contribution is 4.76. The second kappa shape index (κ2) is 4.77. The quantitative estimate of drug-likeness (QED) is 0.702. The van der Waals surface area contributed by atoms with Gasteiger partial charge in [-0.25, -0.2) is 4.39 Å². The van der Waals surface area contributed by atoms with E-state index >= 15 is 0 Å². The minimum atomic E-state index is -0.286. The van der Waals surface area contributed by atoms with Crippen molar-refractivity contribution in [2.45, 2.75) is 44.9 Å². The van der Waals surface area contributed by atoms with Crippen molar-refractivity contribution in [1.82, 2.24) is 5.32 Å². The van der Waals surface area contributed by atoms with Crippen molar-refractivity contribution < 1.29 is 9.13 Å². The molecule has 0 aromatic carbocycles. The third kappa shape index (κ3) is 3.07. The van der Waals surface area contributed by atoms with Crippen LogP contribution >= 0.6 is 0 Å². The summed E-state index contributed by atoms with van der Waals surface area (Å²) in [5, 5.41) is 3.24. The van der Waals surface area contributed by atoms with Gasteiger partial charge in [0.05, 0.1) is 6.10 Å². The molecular formula is C9H18FNO. The lowest BCUT2D eigenvalue weighted by atomic mass is 10.0. The van der Waals surface area contributed by atoms with Crippen LogP contribution in [-0.4, -0.2) is 31.5 Å². The maximum Gasteiger partial charge on any atom is 0.104 e. The molecule has 1 aliphatic heterocycles. The van der Waals surface area contributed by atoms with Crippen molar-refractivity contribution in [2.24, 2.45) is 0 Å². The maximum absolute atomic E-state index is 12.1. The van der Waals surface area contributed by atoms with Gasteiger partial charge in [-0.1, -0.05) is 0 Å². The SMILES string of the molecule is CC1CC(N[C@@H](C)CF)CCO1. The molecule has 3 heteroatoms. The first-order valence-electron chi connectivity index (χ1n) is 4.66. The molecule has 0 aliphatic carbocycles. The Morgan fingerprint density at radius 1 is 1.67 bits per heavy atom. The largest absolute Gasteiger partial charge is 0.378 e. The smallest absolute Gasteiger partial charge is 0.104 e. The van der Waals surface area contributed by atoms with Crippen LogP contribution in [0.5, 0.6) is 0 Å². The summed E-state index contributed by atoms with van der Waals surface area (Å²) in [5.74, 6) is 0. The van der Waals surface area contributed by atoms with Gasteiger partial charge in [0.25, 0.3) is 0 Å². The second-order valence-corrected chi connectivity index (χ2v) is 3.62. The predicted octanol–water partition coefficient (Wildman–Crippen LogP) is 1.50. The zero-order chi connectivity index (χ0) is 8.97. The van der Waals surface area contributed by atoms with Gasteiger partial charge in [-0.2, -0.15) is 0 Å². The summed E-state index contributed by atoms with van der Waals surface area (Å²) < 4.78 is 17.5. The van der Waals surface area contributed by atoms with Gasteiger partial charge in [0.15, 0.2) is 0 Å². The van der Waals surface area contributed by atoms with Crippen molar-refractivity contribution in [1.29, 1.82) is 0 Å². The lowest BCUT2D eigenvalue weighted by Gasteiger charge is -2.29. The Balaban J connectivity index is 2.22. The molecule has 0 saturated carbocycles. The van der Waals surface area contributed by atoms with Gasteiger partial charge < -0.3 is 10.1 Å². The van der Waals surface area contributed by atoms with E-state index in [0.717, 1.165) is 19.4 Å². The highest BCUT2D eigenvalue weighted by Crippen LogP contribution is 2.13. The van der Waals surface area contributed by atoms with Gasteiger partial charge in [0.1, 0.15) is 6.67 Å². The molecule has 0 spiro atoms. The molecular weight excluding hydrogens is 157 g/mol. The number of hydrogen-bond donors (Lipinski definition) is 1. The lowest BCUT2D eigenvalue weighted by molar-refractivity contribution is 0.0111. The molecule has 1 saturated heterocycles. The van der Waals surface area contributed by atoms with E-state index < -0.39 is 0 Å². The van der Waals surface area contributed by atoms with Crippen molar-refractivity contribution in [3.8, 4) is 0 Å². The third-order valence-electron chi connectivity index (χ3n) is 2.24. The van der Waals surface area contributed by atoms with Crippen LogP contribution in [0.3, 0.4) is 0 Å². The number of nitrogens with one attached hydrogen (secondary N) is 1.